The molecule has 0 saturated heterocycles. The van der Waals surface area contributed by atoms with Crippen LogP contribution in [0.4, 0.5) is 5.69 Å². The zero-order valence-electron chi connectivity index (χ0n) is 9.88. The lowest BCUT2D eigenvalue weighted by molar-refractivity contribution is 0.0695. The van der Waals surface area contributed by atoms with Gasteiger partial charge in [-0.15, -0.1) is 0 Å². The molecule has 2 heterocycles. The highest BCUT2D eigenvalue weighted by atomic mass is 16.4. The molecule has 0 aliphatic rings. The third kappa shape index (κ3) is 1.71. The average molecular weight is 247 g/mol. The summed E-state index contributed by atoms with van der Waals surface area (Å²) in [5.74, 6) is -1.31. The molecular weight excluding hydrogens is 234 g/mol. The molecular formula is C12H13N3O3. The number of aromatic nitrogens is 2. The Kier molecular flexibility index (Phi) is 3.01. The number of rotatable bonds is 3. The molecule has 94 valence electrons. The van der Waals surface area contributed by atoms with Crippen molar-refractivity contribution < 1.29 is 9.90 Å². The lowest BCUT2D eigenvalue weighted by atomic mass is 10.1. The SMILES string of the molecule is CCCn1c(=O)c(C(=O)O)c(N)c2cnccc21. The maximum absolute atomic E-state index is 12.1. The van der Waals surface area contributed by atoms with E-state index in [0.29, 0.717) is 17.4 Å². The summed E-state index contributed by atoms with van der Waals surface area (Å²) in [6.07, 6.45) is 3.75. The van der Waals surface area contributed by atoms with Crippen LogP contribution in [0.25, 0.3) is 10.9 Å². The monoisotopic (exact) mass is 247 g/mol. The summed E-state index contributed by atoms with van der Waals surface area (Å²) >= 11 is 0. The molecule has 0 radical (unpaired) electrons. The fourth-order valence-electron chi connectivity index (χ4n) is 1.98. The molecule has 6 heteroatoms. The van der Waals surface area contributed by atoms with Crippen molar-refractivity contribution in [2.75, 3.05) is 5.73 Å². The lowest BCUT2D eigenvalue weighted by Crippen LogP contribution is -2.28. The summed E-state index contributed by atoms with van der Waals surface area (Å²) in [6.45, 7) is 2.36. The highest BCUT2D eigenvalue weighted by Crippen LogP contribution is 2.21. The van der Waals surface area contributed by atoms with Crippen LogP contribution in [0.3, 0.4) is 0 Å². The van der Waals surface area contributed by atoms with Crippen LogP contribution >= 0.6 is 0 Å². The van der Waals surface area contributed by atoms with Crippen LogP contribution in [-0.2, 0) is 6.54 Å². The highest BCUT2D eigenvalue weighted by Gasteiger charge is 2.19. The number of nitrogen functional groups attached to an aromatic ring is 1. The highest BCUT2D eigenvalue weighted by molar-refractivity contribution is 6.03. The number of carboxylic acid groups (broad SMARTS) is 1. The minimum atomic E-state index is -1.31. The van der Waals surface area contributed by atoms with Gasteiger partial charge in [0.05, 0.1) is 11.2 Å². The second kappa shape index (κ2) is 4.48. The minimum absolute atomic E-state index is 0.0250. The fraction of sp³-hybridized carbons (Fsp3) is 0.250. The molecule has 0 bridgehead atoms. The molecule has 0 fully saturated rings. The van der Waals surface area contributed by atoms with Gasteiger partial charge in [-0.05, 0) is 12.5 Å². The molecule has 2 aromatic heterocycles. The van der Waals surface area contributed by atoms with Crippen molar-refractivity contribution in [1.29, 1.82) is 0 Å². The molecule has 2 aromatic rings. The van der Waals surface area contributed by atoms with Crippen molar-refractivity contribution in [3.05, 3.63) is 34.4 Å². The van der Waals surface area contributed by atoms with Gasteiger partial charge in [0, 0.05) is 24.3 Å². The summed E-state index contributed by atoms with van der Waals surface area (Å²) in [6, 6.07) is 1.66. The molecule has 6 nitrogen and oxygen atoms in total. The van der Waals surface area contributed by atoms with E-state index in [4.69, 9.17) is 10.8 Å². The van der Waals surface area contributed by atoms with Crippen LogP contribution in [0.2, 0.25) is 0 Å². The second-order valence-electron chi connectivity index (χ2n) is 3.94. The Morgan fingerprint density at radius 2 is 2.28 bits per heavy atom. The maximum atomic E-state index is 12.1. The van der Waals surface area contributed by atoms with Crippen LogP contribution in [-0.4, -0.2) is 20.6 Å². The Labute approximate surface area is 103 Å². The Morgan fingerprint density at radius 1 is 1.56 bits per heavy atom. The summed E-state index contributed by atoms with van der Waals surface area (Å²) in [7, 11) is 0. The van der Waals surface area contributed by atoms with E-state index in [1.54, 1.807) is 12.3 Å². The van der Waals surface area contributed by atoms with Crippen LogP contribution in [0.1, 0.15) is 23.7 Å². The molecule has 0 unspecified atom stereocenters. The number of carboxylic acids is 1. The van der Waals surface area contributed by atoms with Crippen molar-refractivity contribution in [1.82, 2.24) is 9.55 Å². The zero-order chi connectivity index (χ0) is 13.3. The van der Waals surface area contributed by atoms with Gasteiger partial charge in [0.15, 0.2) is 0 Å². The van der Waals surface area contributed by atoms with Crippen molar-refractivity contribution in [2.24, 2.45) is 0 Å². The number of fused-ring (bicyclic) bond motifs is 1. The molecule has 0 aromatic carbocycles. The van der Waals surface area contributed by atoms with Gasteiger partial charge in [-0.1, -0.05) is 6.92 Å². The molecule has 0 aliphatic heterocycles. The van der Waals surface area contributed by atoms with E-state index in [-0.39, 0.29) is 11.3 Å². The van der Waals surface area contributed by atoms with Gasteiger partial charge in [0.25, 0.3) is 5.56 Å². The van der Waals surface area contributed by atoms with Gasteiger partial charge < -0.3 is 15.4 Å². The Hall–Kier alpha value is -2.37. The molecule has 0 atom stereocenters. The fourth-order valence-corrected chi connectivity index (χ4v) is 1.98. The first kappa shape index (κ1) is 12.1. The van der Waals surface area contributed by atoms with Crippen LogP contribution < -0.4 is 11.3 Å². The summed E-state index contributed by atoms with van der Waals surface area (Å²) in [5.41, 5.74) is 5.38. The van der Waals surface area contributed by atoms with Crippen molar-refractivity contribution in [2.45, 2.75) is 19.9 Å². The van der Waals surface area contributed by atoms with Crippen LogP contribution in [0.5, 0.6) is 0 Å². The number of pyridine rings is 2. The quantitative estimate of drug-likeness (QED) is 0.845. The molecule has 0 saturated carbocycles. The number of aryl methyl sites for hydroxylation is 1. The normalized spacial score (nSPS) is 10.7. The standard InChI is InChI=1S/C12H13N3O3/c1-2-5-15-8-3-4-14-6-7(8)10(13)9(11(15)16)12(17)18/h3-4,6H,2,5,13H2,1H3,(H,17,18). The first-order valence-electron chi connectivity index (χ1n) is 5.57. The predicted molar refractivity (Wildman–Crippen MR) is 67.7 cm³/mol. The third-order valence-electron chi connectivity index (χ3n) is 2.77. The molecule has 3 N–H and O–H groups in total. The average Bonchev–Trinajstić information content (AvgIpc) is 2.34. The summed E-state index contributed by atoms with van der Waals surface area (Å²) in [4.78, 5) is 27.2. The number of carbonyl (C=O) groups is 1. The largest absolute Gasteiger partial charge is 0.477 e. The van der Waals surface area contributed by atoms with E-state index in [0.717, 1.165) is 6.42 Å². The molecule has 18 heavy (non-hydrogen) atoms. The first-order valence-corrected chi connectivity index (χ1v) is 5.57. The number of nitrogens with zero attached hydrogens (tertiary/aromatic N) is 2. The number of nitrogens with two attached hydrogens (primary N) is 1. The Balaban J connectivity index is 2.96. The van der Waals surface area contributed by atoms with Crippen molar-refractivity contribution >= 4 is 22.6 Å². The van der Waals surface area contributed by atoms with Gasteiger partial charge in [0.1, 0.15) is 5.56 Å². The van der Waals surface area contributed by atoms with E-state index < -0.39 is 11.5 Å². The Bertz CT molecular complexity index is 676. The van der Waals surface area contributed by atoms with E-state index in [1.165, 1.54) is 10.8 Å². The van der Waals surface area contributed by atoms with Crippen LogP contribution in [0, 0.1) is 0 Å². The first-order chi connectivity index (χ1) is 8.57. The van der Waals surface area contributed by atoms with Gasteiger partial charge in [-0.25, -0.2) is 4.79 Å². The maximum Gasteiger partial charge on any atom is 0.343 e. The topological polar surface area (TPSA) is 98.2 Å². The van der Waals surface area contributed by atoms with Crippen molar-refractivity contribution in [3.63, 3.8) is 0 Å². The van der Waals surface area contributed by atoms with Gasteiger partial charge >= 0.3 is 5.97 Å². The Morgan fingerprint density at radius 3 is 2.89 bits per heavy atom. The van der Waals surface area contributed by atoms with Gasteiger partial charge in [0.2, 0.25) is 0 Å². The van der Waals surface area contributed by atoms with Gasteiger partial charge in [-0.2, -0.15) is 0 Å². The van der Waals surface area contributed by atoms with E-state index in [2.05, 4.69) is 4.98 Å². The second-order valence-corrected chi connectivity index (χ2v) is 3.94. The lowest BCUT2D eigenvalue weighted by Gasteiger charge is -2.12. The summed E-state index contributed by atoms with van der Waals surface area (Å²) < 4.78 is 1.43. The smallest absolute Gasteiger partial charge is 0.343 e. The molecule has 2 rings (SSSR count). The molecule has 0 amide bonds. The van der Waals surface area contributed by atoms with E-state index >= 15 is 0 Å². The summed E-state index contributed by atoms with van der Waals surface area (Å²) in [5, 5.41) is 9.57. The molecule has 0 aliphatic carbocycles. The zero-order valence-corrected chi connectivity index (χ0v) is 9.88. The third-order valence-corrected chi connectivity index (χ3v) is 2.77. The number of anilines is 1. The van der Waals surface area contributed by atoms with E-state index in [9.17, 15) is 9.59 Å². The number of hydrogen-bond donors (Lipinski definition) is 2. The van der Waals surface area contributed by atoms with Crippen molar-refractivity contribution in [3.8, 4) is 0 Å². The van der Waals surface area contributed by atoms with Gasteiger partial charge in [-0.3, -0.25) is 9.78 Å². The molecule has 0 spiro atoms. The number of aromatic carboxylic acids is 1. The van der Waals surface area contributed by atoms with E-state index in [1.807, 2.05) is 6.92 Å². The minimum Gasteiger partial charge on any atom is -0.477 e. The number of hydrogen-bond acceptors (Lipinski definition) is 4. The van der Waals surface area contributed by atoms with Crippen LogP contribution in [0.15, 0.2) is 23.3 Å². The predicted octanol–water partition coefficient (Wildman–Crippen LogP) is 1.09.